The molecule has 1 N–H and O–H groups in total. The summed E-state index contributed by atoms with van der Waals surface area (Å²) in [6, 6.07) is 12.5. The summed E-state index contributed by atoms with van der Waals surface area (Å²) >= 11 is 3.25. The maximum atomic E-state index is 11.0. The van der Waals surface area contributed by atoms with Crippen molar-refractivity contribution >= 4 is 32.9 Å². The molecule has 3 aromatic rings. The number of hydrogen-bond donors (Lipinski definition) is 1. The fraction of sp³-hybridized carbons (Fsp3) is 0. The van der Waals surface area contributed by atoms with E-state index in [1.54, 1.807) is 16.8 Å². The van der Waals surface area contributed by atoms with E-state index in [2.05, 4.69) is 26.2 Å². The normalized spacial score (nSPS) is 10.8. The number of benzene rings is 2. The first-order valence-electron chi connectivity index (χ1n) is 5.50. The Bertz CT molecular complexity index is 782. The van der Waals surface area contributed by atoms with E-state index in [-0.39, 0.29) is 5.56 Å². The third-order valence-corrected chi connectivity index (χ3v) is 3.44. The molecule has 0 aliphatic heterocycles. The summed E-state index contributed by atoms with van der Waals surface area (Å²) in [4.78, 5) is 11.0. The van der Waals surface area contributed by atoms with E-state index >= 15 is 0 Å². The number of carbonyl (C=O) groups is 1. The summed E-state index contributed by atoms with van der Waals surface area (Å²) < 4.78 is 2.18. The highest BCUT2D eigenvalue weighted by atomic mass is 79.9. The fourth-order valence-corrected chi connectivity index (χ4v) is 2.41. The van der Waals surface area contributed by atoms with Gasteiger partial charge in [0, 0.05) is 4.47 Å². The first kappa shape index (κ1) is 11.9. The molecule has 6 heteroatoms. The molecule has 5 nitrogen and oxygen atoms in total. The van der Waals surface area contributed by atoms with Crippen LogP contribution in [0.25, 0.3) is 16.7 Å². The van der Waals surface area contributed by atoms with Crippen molar-refractivity contribution in [3.05, 3.63) is 52.5 Å². The zero-order valence-corrected chi connectivity index (χ0v) is 11.2. The summed E-state index contributed by atoms with van der Waals surface area (Å²) in [6.07, 6.45) is 0. The van der Waals surface area contributed by atoms with E-state index in [0.29, 0.717) is 4.47 Å². The molecule has 0 saturated carbocycles. The lowest BCUT2D eigenvalue weighted by Gasteiger charge is -2.05. The van der Waals surface area contributed by atoms with E-state index in [1.807, 2.05) is 24.3 Å². The predicted molar refractivity (Wildman–Crippen MR) is 73.5 cm³/mol. The highest BCUT2D eigenvalue weighted by molar-refractivity contribution is 9.10. The van der Waals surface area contributed by atoms with Crippen LogP contribution < -0.4 is 0 Å². The number of fused-ring (bicyclic) bond motifs is 1. The Balaban J connectivity index is 2.17. The SMILES string of the molecule is O=C(O)c1ccc(-n2nnc3ccccc32)cc1Br. The molecule has 0 atom stereocenters. The van der Waals surface area contributed by atoms with Crippen LogP contribution in [0.15, 0.2) is 46.9 Å². The van der Waals surface area contributed by atoms with Gasteiger partial charge in [0.15, 0.2) is 0 Å². The molecule has 0 spiro atoms. The Morgan fingerprint density at radius 3 is 2.74 bits per heavy atom. The van der Waals surface area contributed by atoms with Crippen molar-refractivity contribution in [2.45, 2.75) is 0 Å². The lowest BCUT2D eigenvalue weighted by Crippen LogP contribution is -2.01. The number of rotatable bonds is 2. The fourth-order valence-electron chi connectivity index (χ4n) is 1.87. The van der Waals surface area contributed by atoms with Gasteiger partial charge in [-0.15, -0.1) is 5.10 Å². The van der Waals surface area contributed by atoms with Crippen molar-refractivity contribution < 1.29 is 9.90 Å². The standard InChI is InChI=1S/C13H8BrN3O2/c14-10-7-8(5-6-9(10)13(18)19)17-12-4-2-1-3-11(12)15-16-17/h1-7H,(H,18,19). The summed E-state index contributed by atoms with van der Waals surface area (Å²) in [5, 5.41) is 17.1. The third kappa shape index (κ3) is 2.00. The van der Waals surface area contributed by atoms with E-state index in [1.165, 1.54) is 6.07 Å². The summed E-state index contributed by atoms with van der Waals surface area (Å²) in [7, 11) is 0. The maximum Gasteiger partial charge on any atom is 0.336 e. The molecule has 19 heavy (non-hydrogen) atoms. The molecule has 0 aliphatic carbocycles. The van der Waals surface area contributed by atoms with E-state index in [9.17, 15) is 4.79 Å². The van der Waals surface area contributed by atoms with Crippen LogP contribution in [-0.4, -0.2) is 26.1 Å². The highest BCUT2D eigenvalue weighted by Crippen LogP contribution is 2.22. The van der Waals surface area contributed by atoms with Gasteiger partial charge in [0.05, 0.1) is 16.8 Å². The van der Waals surface area contributed by atoms with Gasteiger partial charge in [0.2, 0.25) is 0 Å². The first-order chi connectivity index (χ1) is 9.16. The lowest BCUT2D eigenvalue weighted by atomic mass is 10.2. The molecule has 1 heterocycles. The second kappa shape index (κ2) is 4.47. The van der Waals surface area contributed by atoms with Gasteiger partial charge < -0.3 is 5.11 Å². The number of carboxylic acids is 1. The van der Waals surface area contributed by atoms with Crippen LogP contribution in [0.3, 0.4) is 0 Å². The lowest BCUT2D eigenvalue weighted by molar-refractivity contribution is 0.0696. The summed E-state index contributed by atoms with van der Waals surface area (Å²) in [5.74, 6) is -0.970. The molecule has 3 rings (SSSR count). The molecule has 1 aromatic heterocycles. The quantitative estimate of drug-likeness (QED) is 0.789. The van der Waals surface area contributed by atoms with Crippen LogP contribution in [-0.2, 0) is 0 Å². The Labute approximate surface area is 116 Å². The topological polar surface area (TPSA) is 68.0 Å². The Hall–Kier alpha value is -2.21. The Kier molecular flexibility index (Phi) is 2.79. The van der Waals surface area contributed by atoms with Gasteiger partial charge in [-0.05, 0) is 46.3 Å². The van der Waals surface area contributed by atoms with Crippen molar-refractivity contribution in [1.29, 1.82) is 0 Å². The zero-order chi connectivity index (χ0) is 13.4. The van der Waals surface area contributed by atoms with Gasteiger partial charge in [-0.1, -0.05) is 17.3 Å². The molecule has 0 aliphatic rings. The average molecular weight is 318 g/mol. The van der Waals surface area contributed by atoms with Gasteiger partial charge >= 0.3 is 5.97 Å². The Morgan fingerprint density at radius 1 is 1.21 bits per heavy atom. The van der Waals surface area contributed by atoms with Crippen molar-refractivity contribution in [1.82, 2.24) is 15.0 Å². The Morgan fingerprint density at radius 2 is 2.00 bits per heavy atom. The molecule has 94 valence electrons. The van der Waals surface area contributed by atoms with Crippen molar-refractivity contribution in [3.8, 4) is 5.69 Å². The monoisotopic (exact) mass is 317 g/mol. The minimum atomic E-state index is -0.970. The minimum absolute atomic E-state index is 0.216. The number of aromatic carboxylic acids is 1. The molecule has 0 bridgehead atoms. The molecule has 0 amide bonds. The van der Waals surface area contributed by atoms with Gasteiger partial charge in [0.1, 0.15) is 5.52 Å². The van der Waals surface area contributed by atoms with Gasteiger partial charge in [0.25, 0.3) is 0 Å². The number of hydrogen-bond acceptors (Lipinski definition) is 3. The highest BCUT2D eigenvalue weighted by Gasteiger charge is 2.11. The number of aromatic nitrogens is 3. The molecule has 0 fully saturated rings. The largest absolute Gasteiger partial charge is 0.478 e. The van der Waals surface area contributed by atoms with Crippen LogP contribution in [0.4, 0.5) is 0 Å². The zero-order valence-electron chi connectivity index (χ0n) is 9.62. The van der Waals surface area contributed by atoms with Gasteiger partial charge in [-0.25, -0.2) is 9.48 Å². The second-order valence-corrected chi connectivity index (χ2v) is 4.81. The molecule has 2 aromatic carbocycles. The molecular weight excluding hydrogens is 310 g/mol. The molecular formula is C13H8BrN3O2. The number of carboxylic acid groups (broad SMARTS) is 1. The molecule has 0 unspecified atom stereocenters. The predicted octanol–water partition coefficient (Wildman–Crippen LogP) is 2.88. The summed E-state index contributed by atoms with van der Waals surface area (Å²) in [6.45, 7) is 0. The second-order valence-electron chi connectivity index (χ2n) is 3.96. The van der Waals surface area contributed by atoms with Crippen molar-refractivity contribution in [3.63, 3.8) is 0 Å². The van der Waals surface area contributed by atoms with Crippen molar-refractivity contribution in [2.24, 2.45) is 0 Å². The maximum absolute atomic E-state index is 11.0. The first-order valence-corrected chi connectivity index (χ1v) is 6.30. The summed E-state index contributed by atoms with van der Waals surface area (Å²) in [5.41, 5.74) is 2.64. The third-order valence-electron chi connectivity index (χ3n) is 2.78. The van der Waals surface area contributed by atoms with E-state index < -0.39 is 5.97 Å². The number of para-hydroxylation sites is 1. The number of nitrogens with zero attached hydrogens (tertiary/aromatic N) is 3. The van der Waals surface area contributed by atoms with Crippen LogP contribution in [0, 0.1) is 0 Å². The molecule has 0 saturated heterocycles. The number of halogens is 1. The van der Waals surface area contributed by atoms with Crippen LogP contribution in [0.5, 0.6) is 0 Å². The van der Waals surface area contributed by atoms with Crippen LogP contribution in [0.1, 0.15) is 10.4 Å². The smallest absolute Gasteiger partial charge is 0.336 e. The van der Waals surface area contributed by atoms with E-state index in [4.69, 9.17) is 5.11 Å². The van der Waals surface area contributed by atoms with Crippen molar-refractivity contribution in [2.75, 3.05) is 0 Å². The average Bonchev–Trinajstić information content (AvgIpc) is 2.82. The van der Waals surface area contributed by atoms with Crippen LogP contribution >= 0.6 is 15.9 Å². The minimum Gasteiger partial charge on any atom is -0.478 e. The van der Waals surface area contributed by atoms with Gasteiger partial charge in [-0.2, -0.15) is 0 Å². The molecule has 0 radical (unpaired) electrons. The van der Waals surface area contributed by atoms with Crippen LogP contribution in [0.2, 0.25) is 0 Å². The van der Waals surface area contributed by atoms with Gasteiger partial charge in [-0.3, -0.25) is 0 Å². The van der Waals surface area contributed by atoms with E-state index in [0.717, 1.165) is 16.7 Å².